The Kier molecular flexibility index (Phi) is 4.05. The zero-order valence-corrected chi connectivity index (χ0v) is 13.6. The molecule has 9 heteroatoms. The molecule has 19 heavy (non-hydrogen) atoms. The van der Waals surface area contributed by atoms with Gasteiger partial charge in [0.05, 0.1) is 11.4 Å². The Hall–Kier alpha value is -0.830. The van der Waals surface area contributed by atoms with Crippen LogP contribution in [0.1, 0.15) is 5.69 Å². The smallest absolute Gasteiger partial charge is 0.273 e. The number of nitrogens with two attached hydrogens (primary N) is 1. The first kappa shape index (κ1) is 14.6. The fourth-order valence-electron chi connectivity index (χ4n) is 1.42. The van der Waals surface area contributed by atoms with E-state index in [9.17, 15) is 8.42 Å². The number of nitrogen functional groups attached to an aromatic ring is 1. The summed E-state index contributed by atoms with van der Waals surface area (Å²) in [6.45, 7) is 1.60. The maximum atomic E-state index is 12.2. The average molecular weight is 383 g/mol. The van der Waals surface area contributed by atoms with Gasteiger partial charge in [0, 0.05) is 9.50 Å². The van der Waals surface area contributed by atoms with Crippen LogP contribution in [0, 0.1) is 6.92 Å². The summed E-state index contributed by atoms with van der Waals surface area (Å²) < 4.78 is 27.6. The van der Waals surface area contributed by atoms with E-state index in [0.29, 0.717) is 20.9 Å². The van der Waals surface area contributed by atoms with Gasteiger partial charge in [0.2, 0.25) is 0 Å². The van der Waals surface area contributed by atoms with E-state index in [4.69, 9.17) is 17.3 Å². The molecule has 2 rings (SSSR count). The van der Waals surface area contributed by atoms with E-state index in [0.717, 1.165) is 11.3 Å². The highest BCUT2D eigenvalue weighted by Gasteiger charge is 2.22. The van der Waals surface area contributed by atoms with Crippen LogP contribution in [-0.2, 0) is 10.0 Å². The molecule has 0 bridgehead atoms. The van der Waals surface area contributed by atoms with Crippen molar-refractivity contribution in [1.29, 1.82) is 0 Å². The Morgan fingerprint density at radius 3 is 2.68 bits per heavy atom. The van der Waals surface area contributed by atoms with Crippen LogP contribution in [0.2, 0.25) is 5.02 Å². The molecule has 1 aromatic heterocycles. The molecule has 5 nitrogen and oxygen atoms in total. The molecule has 0 spiro atoms. The third kappa shape index (κ3) is 3.19. The van der Waals surface area contributed by atoms with E-state index in [-0.39, 0.29) is 9.34 Å². The normalized spacial score (nSPS) is 11.5. The van der Waals surface area contributed by atoms with Gasteiger partial charge in [-0.2, -0.15) is 0 Å². The van der Waals surface area contributed by atoms with Gasteiger partial charge in [-0.05, 0) is 41.1 Å². The van der Waals surface area contributed by atoms with Crippen LogP contribution in [0.5, 0.6) is 0 Å². The first-order valence-corrected chi connectivity index (χ1v) is 8.47. The minimum absolute atomic E-state index is 0.104. The maximum absolute atomic E-state index is 12.2. The van der Waals surface area contributed by atoms with E-state index in [2.05, 4.69) is 25.6 Å². The molecule has 2 aromatic rings. The molecule has 0 fully saturated rings. The zero-order valence-electron chi connectivity index (χ0n) is 9.65. The van der Waals surface area contributed by atoms with Gasteiger partial charge in [0.15, 0.2) is 9.34 Å². The van der Waals surface area contributed by atoms with Gasteiger partial charge in [0.1, 0.15) is 0 Å². The predicted octanol–water partition coefficient (Wildman–Crippen LogP) is 3.25. The lowest BCUT2D eigenvalue weighted by molar-refractivity contribution is 0.602. The highest BCUT2D eigenvalue weighted by Crippen LogP contribution is 2.31. The molecule has 0 aliphatic carbocycles. The van der Waals surface area contributed by atoms with Crippen molar-refractivity contribution in [2.24, 2.45) is 0 Å². The number of nitrogens with zero attached hydrogens (tertiary/aromatic N) is 1. The number of hydrogen-bond donors (Lipinski definition) is 2. The largest absolute Gasteiger partial charge is 0.375 e. The first-order chi connectivity index (χ1) is 8.79. The van der Waals surface area contributed by atoms with Crippen LogP contribution in [0.15, 0.2) is 26.9 Å². The van der Waals surface area contributed by atoms with Gasteiger partial charge < -0.3 is 5.73 Å². The van der Waals surface area contributed by atoms with Crippen molar-refractivity contribution in [1.82, 2.24) is 4.98 Å². The van der Waals surface area contributed by atoms with E-state index in [1.807, 2.05) is 0 Å². The van der Waals surface area contributed by atoms with E-state index in [1.165, 1.54) is 0 Å². The van der Waals surface area contributed by atoms with Crippen molar-refractivity contribution < 1.29 is 8.42 Å². The second-order valence-corrected chi connectivity index (χ2v) is 7.85. The zero-order chi connectivity index (χ0) is 14.2. The Balaban J connectivity index is 2.39. The summed E-state index contributed by atoms with van der Waals surface area (Å²) in [5.74, 6) is 0. The lowest BCUT2D eigenvalue weighted by Gasteiger charge is -2.08. The van der Waals surface area contributed by atoms with Crippen molar-refractivity contribution in [3.8, 4) is 0 Å². The molecule has 0 saturated carbocycles. The fourth-order valence-corrected chi connectivity index (χ4v) is 4.71. The second-order valence-electron chi connectivity index (χ2n) is 3.65. The summed E-state index contributed by atoms with van der Waals surface area (Å²) in [6.07, 6.45) is 0. The maximum Gasteiger partial charge on any atom is 0.273 e. The summed E-state index contributed by atoms with van der Waals surface area (Å²) in [5, 5.41) is 0.723. The summed E-state index contributed by atoms with van der Waals surface area (Å²) in [5.41, 5.74) is 6.28. The molecule has 0 aliphatic heterocycles. The van der Waals surface area contributed by atoms with Crippen LogP contribution < -0.4 is 10.5 Å². The average Bonchev–Trinajstić information content (AvgIpc) is 2.63. The monoisotopic (exact) mass is 381 g/mol. The minimum Gasteiger partial charge on any atom is -0.375 e. The fraction of sp³-hybridized carbons (Fsp3) is 0.100. The number of aryl methyl sites for hydroxylation is 1. The molecule has 0 unspecified atom stereocenters. The second kappa shape index (κ2) is 5.28. The van der Waals surface area contributed by atoms with Gasteiger partial charge in [-0.25, -0.2) is 13.4 Å². The molecule has 1 aromatic carbocycles. The SMILES string of the molecule is Cc1nc(N)sc1S(=O)(=O)Nc1ccc(Cl)cc1Br. The molecular weight excluding hydrogens is 374 g/mol. The number of benzene rings is 1. The molecule has 0 amide bonds. The van der Waals surface area contributed by atoms with Crippen LogP contribution >= 0.6 is 38.9 Å². The number of aromatic nitrogens is 1. The molecular formula is C10H9BrClN3O2S2. The van der Waals surface area contributed by atoms with E-state index >= 15 is 0 Å². The summed E-state index contributed by atoms with van der Waals surface area (Å²) in [6, 6.07) is 4.77. The lowest BCUT2D eigenvalue weighted by atomic mass is 10.3. The highest BCUT2D eigenvalue weighted by molar-refractivity contribution is 9.10. The van der Waals surface area contributed by atoms with E-state index < -0.39 is 10.0 Å². The highest BCUT2D eigenvalue weighted by atomic mass is 79.9. The van der Waals surface area contributed by atoms with Crippen LogP contribution in [0.25, 0.3) is 0 Å². The van der Waals surface area contributed by atoms with Crippen LogP contribution in [0.4, 0.5) is 10.8 Å². The van der Waals surface area contributed by atoms with Crippen molar-refractivity contribution in [3.63, 3.8) is 0 Å². The van der Waals surface area contributed by atoms with Gasteiger partial charge in [0.25, 0.3) is 10.0 Å². The molecule has 0 saturated heterocycles. The molecule has 0 radical (unpaired) electrons. The van der Waals surface area contributed by atoms with Gasteiger partial charge in [-0.3, -0.25) is 4.72 Å². The van der Waals surface area contributed by atoms with Gasteiger partial charge in [-0.1, -0.05) is 22.9 Å². The van der Waals surface area contributed by atoms with Crippen LogP contribution in [0.3, 0.4) is 0 Å². The van der Waals surface area contributed by atoms with E-state index in [1.54, 1.807) is 25.1 Å². The number of hydrogen-bond acceptors (Lipinski definition) is 5. The Bertz CT molecular complexity index is 730. The number of nitrogens with one attached hydrogen (secondary N) is 1. The minimum atomic E-state index is -3.71. The van der Waals surface area contributed by atoms with Crippen molar-refractivity contribution >= 4 is 59.7 Å². The quantitative estimate of drug-likeness (QED) is 0.853. The first-order valence-electron chi connectivity index (χ1n) is 5.00. The lowest BCUT2D eigenvalue weighted by Crippen LogP contribution is -2.13. The topological polar surface area (TPSA) is 85.1 Å². The summed E-state index contributed by atoms with van der Waals surface area (Å²) in [4.78, 5) is 3.90. The summed E-state index contributed by atoms with van der Waals surface area (Å²) >= 11 is 9.97. The molecule has 0 aliphatic rings. The number of halogens is 2. The Morgan fingerprint density at radius 2 is 2.16 bits per heavy atom. The number of rotatable bonds is 3. The molecule has 1 heterocycles. The van der Waals surface area contributed by atoms with Gasteiger partial charge in [-0.15, -0.1) is 0 Å². The molecule has 102 valence electrons. The number of sulfonamides is 1. The summed E-state index contributed by atoms with van der Waals surface area (Å²) in [7, 11) is -3.71. The Morgan fingerprint density at radius 1 is 1.47 bits per heavy atom. The number of anilines is 2. The third-order valence-electron chi connectivity index (χ3n) is 2.19. The third-order valence-corrected chi connectivity index (χ3v) is 6.04. The number of thiazole rings is 1. The van der Waals surface area contributed by atoms with Crippen molar-refractivity contribution in [3.05, 3.63) is 33.4 Å². The predicted molar refractivity (Wildman–Crippen MR) is 81.2 cm³/mol. The standard InChI is InChI=1S/C10H9BrClN3O2S2/c1-5-9(18-10(13)14-5)19(16,17)15-8-3-2-6(12)4-7(8)11/h2-4,15H,1H3,(H2,13,14). The molecule has 3 N–H and O–H groups in total. The van der Waals surface area contributed by atoms with Gasteiger partial charge >= 0.3 is 0 Å². The Labute approximate surface area is 128 Å². The molecule has 0 atom stereocenters. The van der Waals surface area contributed by atoms with Crippen molar-refractivity contribution in [2.75, 3.05) is 10.5 Å². The van der Waals surface area contributed by atoms with Crippen LogP contribution in [-0.4, -0.2) is 13.4 Å². The van der Waals surface area contributed by atoms with Crippen molar-refractivity contribution in [2.45, 2.75) is 11.1 Å².